The summed E-state index contributed by atoms with van der Waals surface area (Å²) in [5.41, 5.74) is 3.93. The van der Waals surface area contributed by atoms with E-state index in [1.807, 2.05) is 12.1 Å². The lowest BCUT2D eigenvalue weighted by atomic mass is 9.60. The number of oxime groups is 1. The first kappa shape index (κ1) is 27.4. The smallest absolute Gasteiger partial charge is 0.233 e. The van der Waals surface area contributed by atoms with Crippen molar-refractivity contribution in [1.82, 2.24) is 4.90 Å². The van der Waals surface area contributed by atoms with Crippen molar-refractivity contribution < 1.29 is 34.1 Å². The molecule has 0 radical (unpaired) electrons. The van der Waals surface area contributed by atoms with Crippen LogP contribution in [-0.2, 0) is 21.0 Å². The molecule has 2 saturated carbocycles. The van der Waals surface area contributed by atoms with Crippen molar-refractivity contribution in [2.24, 2.45) is 28.8 Å². The summed E-state index contributed by atoms with van der Waals surface area (Å²) in [5, 5.41) is 26.1. The molecule has 1 saturated heterocycles. The van der Waals surface area contributed by atoms with Gasteiger partial charge in [-0.2, -0.15) is 0 Å². The zero-order valence-electron chi connectivity index (χ0n) is 22.8. The van der Waals surface area contributed by atoms with E-state index in [-0.39, 0.29) is 37.5 Å². The molecular formula is C30H38N2O7. The molecule has 2 heterocycles. The number of likely N-dealkylation sites (tertiary alicyclic amines) is 1. The summed E-state index contributed by atoms with van der Waals surface area (Å²) in [4.78, 5) is 33.9. The fraction of sp³-hybridized carbons (Fsp3) is 0.567. The molecule has 4 aliphatic rings. The Morgan fingerprint density at radius 2 is 1.85 bits per heavy atom. The number of benzene rings is 1. The number of rotatable bonds is 8. The van der Waals surface area contributed by atoms with Crippen molar-refractivity contribution >= 4 is 17.5 Å². The second-order valence-electron chi connectivity index (χ2n) is 11.4. The van der Waals surface area contributed by atoms with E-state index in [0.29, 0.717) is 36.7 Å². The van der Waals surface area contributed by atoms with Gasteiger partial charge < -0.3 is 24.5 Å². The predicted molar refractivity (Wildman–Crippen MR) is 144 cm³/mol. The Bertz CT molecular complexity index is 1200. The van der Waals surface area contributed by atoms with E-state index in [9.17, 15) is 19.8 Å². The van der Waals surface area contributed by atoms with Crippen LogP contribution in [0.2, 0.25) is 0 Å². The molecule has 9 nitrogen and oxygen atoms in total. The molecule has 1 aromatic carbocycles. The first-order valence-electron chi connectivity index (χ1n) is 13.8. The van der Waals surface area contributed by atoms with Gasteiger partial charge >= 0.3 is 0 Å². The molecule has 3 fully saturated rings. The highest BCUT2D eigenvalue weighted by Gasteiger charge is 2.59. The molecule has 0 aromatic heterocycles. The summed E-state index contributed by atoms with van der Waals surface area (Å²) in [6.07, 6.45) is 5.27. The lowest BCUT2D eigenvalue weighted by Crippen LogP contribution is -2.54. The first-order chi connectivity index (χ1) is 18.7. The van der Waals surface area contributed by atoms with Crippen LogP contribution < -0.4 is 9.47 Å². The van der Waals surface area contributed by atoms with Gasteiger partial charge in [-0.1, -0.05) is 28.4 Å². The average molecular weight is 539 g/mol. The Morgan fingerprint density at radius 3 is 2.64 bits per heavy atom. The first-order valence-corrected chi connectivity index (χ1v) is 13.8. The summed E-state index contributed by atoms with van der Waals surface area (Å²) in [6.45, 7) is 6.81. The van der Waals surface area contributed by atoms with Gasteiger partial charge in [0, 0.05) is 18.3 Å². The highest BCUT2D eigenvalue weighted by Crippen LogP contribution is 2.50. The maximum atomic E-state index is 13.6. The number of carbonyl (C=O) groups excluding carboxylic acids is 2. The van der Waals surface area contributed by atoms with E-state index in [1.54, 1.807) is 12.1 Å². The summed E-state index contributed by atoms with van der Waals surface area (Å²) < 4.78 is 10.8. The molecule has 210 valence electrons. The Labute approximate surface area is 229 Å². The quantitative estimate of drug-likeness (QED) is 0.224. The number of ether oxygens (including phenoxy) is 2. The molecule has 2 aliphatic heterocycles. The second kappa shape index (κ2) is 11.5. The number of aliphatic hydroxyl groups excluding tert-OH is 2. The summed E-state index contributed by atoms with van der Waals surface area (Å²) in [7, 11) is 0. The van der Waals surface area contributed by atoms with Gasteiger partial charge in [0.05, 0.1) is 36.3 Å². The number of hydrogen-bond acceptors (Lipinski definition) is 8. The fourth-order valence-electron chi connectivity index (χ4n) is 6.41. The zero-order valence-corrected chi connectivity index (χ0v) is 22.8. The van der Waals surface area contributed by atoms with E-state index < -0.39 is 30.0 Å². The van der Waals surface area contributed by atoms with E-state index >= 15 is 0 Å². The topological polar surface area (TPSA) is 118 Å². The van der Waals surface area contributed by atoms with Gasteiger partial charge in [0.1, 0.15) is 6.61 Å². The third-order valence-corrected chi connectivity index (χ3v) is 8.43. The van der Waals surface area contributed by atoms with Crippen LogP contribution in [0.5, 0.6) is 11.5 Å². The van der Waals surface area contributed by atoms with Crippen molar-refractivity contribution in [1.29, 1.82) is 0 Å². The monoisotopic (exact) mass is 538 g/mol. The molecule has 0 spiro atoms. The maximum Gasteiger partial charge on any atom is 0.233 e. The number of nitrogens with zero attached hydrogens (tertiary/aromatic N) is 2. The van der Waals surface area contributed by atoms with Gasteiger partial charge in [0.2, 0.25) is 18.6 Å². The van der Waals surface area contributed by atoms with Crippen LogP contribution in [0.4, 0.5) is 0 Å². The average Bonchev–Trinajstić information content (AvgIpc) is 3.47. The van der Waals surface area contributed by atoms with Gasteiger partial charge in [0.25, 0.3) is 0 Å². The number of carbonyl (C=O) groups is 2. The Hall–Kier alpha value is -3.17. The maximum absolute atomic E-state index is 13.6. The standard InChI is InChI=1S/C30H38N2O7/c1-17(2)5-4-6-18(3)11-12-39-31-22-14-23(33)28(34)26-20(22)8-9-21-27(26)30(36)32(29(21)35)15-19-7-10-24-25(13-19)38-16-37-24/h5,7,10-11,13,20-21,23,26-28,33-34H,4,6,8-9,12,14-16H2,1-3H3/b18-11+,31-22+/t20-,21-,23-,26+,27-,28-/m1/s1. The molecule has 2 amide bonds. The number of imide groups is 1. The third kappa shape index (κ3) is 5.61. The highest BCUT2D eigenvalue weighted by molar-refractivity contribution is 6.06. The van der Waals surface area contributed by atoms with Crippen LogP contribution in [0.25, 0.3) is 0 Å². The highest BCUT2D eigenvalue weighted by atomic mass is 16.7. The third-order valence-electron chi connectivity index (χ3n) is 8.43. The van der Waals surface area contributed by atoms with Crippen LogP contribution in [0.15, 0.2) is 46.7 Å². The normalized spacial score (nSPS) is 30.8. The summed E-state index contributed by atoms with van der Waals surface area (Å²) in [5.74, 6) is -1.33. The van der Waals surface area contributed by atoms with Crippen molar-refractivity contribution in [3.05, 3.63) is 47.1 Å². The minimum absolute atomic E-state index is 0.126. The molecular weight excluding hydrogens is 500 g/mol. The van der Waals surface area contributed by atoms with Crippen LogP contribution in [0, 0.1) is 23.7 Å². The fourth-order valence-corrected chi connectivity index (χ4v) is 6.41. The Kier molecular flexibility index (Phi) is 8.09. The van der Waals surface area contributed by atoms with Crippen LogP contribution in [0.3, 0.4) is 0 Å². The predicted octanol–water partition coefficient (Wildman–Crippen LogP) is 3.73. The number of hydrogen-bond donors (Lipinski definition) is 2. The van der Waals surface area contributed by atoms with Gasteiger partial charge in [0.15, 0.2) is 11.5 Å². The lowest BCUT2D eigenvalue weighted by molar-refractivity contribution is -0.142. The van der Waals surface area contributed by atoms with Crippen molar-refractivity contribution in [2.45, 2.75) is 71.6 Å². The number of aliphatic hydroxyl groups is 2. The largest absolute Gasteiger partial charge is 0.454 e. The molecule has 2 aliphatic carbocycles. The minimum Gasteiger partial charge on any atom is -0.454 e. The second-order valence-corrected chi connectivity index (χ2v) is 11.4. The van der Waals surface area contributed by atoms with Crippen LogP contribution in [0.1, 0.15) is 58.4 Å². The molecule has 1 aromatic rings. The SMILES string of the molecule is CC(C)=CCC/C(C)=C/CO/N=C1\C[C@@H](O)[C@@H](O)[C@@H]2[C@@H]3C(=O)N(Cc4ccc5c(c4)OCO5)C(=O)[C@@H]3CC[C@H]12. The minimum atomic E-state index is -1.11. The van der Waals surface area contributed by atoms with E-state index in [2.05, 4.69) is 32.0 Å². The van der Waals surface area contributed by atoms with E-state index in [4.69, 9.17) is 14.3 Å². The van der Waals surface area contributed by atoms with Crippen molar-refractivity contribution in [3.8, 4) is 11.5 Å². The van der Waals surface area contributed by atoms with E-state index in [1.165, 1.54) is 16.0 Å². The van der Waals surface area contributed by atoms with Crippen molar-refractivity contribution in [2.75, 3.05) is 13.4 Å². The molecule has 0 bridgehead atoms. The number of allylic oxidation sites excluding steroid dienone is 3. The van der Waals surface area contributed by atoms with E-state index in [0.717, 1.165) is 18.4 Å². The number of amides is 2. The molecule has 39 heavy (non-hydrogen) atoms. The Balaban J connectivity index is 1.28. The Morgan fingerprint density at radius 1 is 1.08 bits per heavy atom. The van der Waals surface area contributed by atoms with Gasteiger partial charge in [-0.3, -0.25) is 14.5 Å². The molecule has 6 atom stereocenters. The van der Waals surface area contributed by atoms with Crippen molar-refractivity contribution in [3.63, 3.8) is 0 Å². The van der Waals surface area contributed by atoms with Crippen LogP contribution in [-0.4, -0.2) is 58.2 Å². The van der Waals surface area contributed by atoms with Gasteiger partial charge in [-0.25, -0.2) is 0 Å². The zero-order chi connectivity index (χ0) is 27.7. The van der Waals surface area contributed by atoms with Crippen LogP contribution >= 0.6 is 0 Å². The molecule has 2 N–H and O–H groups in total. The lowest BCUT2D eigenvalue weighted by Gasteiger charge is -2.45. The number of fused-ring (bicyclic) bond motifs is 4. The molecule has 0 unspecified atom stereocenters. The van der Waals surface area contributed by atoms with Gasteiger partial charge in [-0.15, -0.1) is 0 Å². The summed E-state index contributed by atoms with van der Waals surface area (Å²) >= 11 is 0. The molecule has 9 heteroatoms. The van der Waals surface area contributed by atoms with Gasteiger partial charge in [-0.05, 0) is 70.2 Å². The molecule has 5 rings (SSSR count). The summed E-state index contributed by atoms with van der Waals surface area (Å²) in [6, 6.07) is 5.38.